The van der Waals surface area contributed by atoms with Gasteiger partial charge in [-0.3, -0.25) is 0 Å². The van der Waals surface area contributed by atoms with Crippen molar-refractivity contribution in [2.75, 3.05) is 13.2 Å². The molecular formula is C16H17BrFNO. The zero-order chi connectivity index (χ0) is 14.6. The Morgan fingerprint density at radius 1 is 1.15 bits per heavy atom. The van der Waals surface area contributed by atoms with Gasteiger partial charge in [0.25, 0.3) is 0 Å². The molecule has 106 valence electrons. The SMILES string of the molecule is NCC(CO)(Cc1cccc(Br)c1)c1ccc(F)cc1. The van der Waals surface area contributed by atoms with Crippen LogP contribution < -0.4 is 5.73 Å². The number of hydrogen-bond donors (Lipinski definition) is 2. The molecule has 0 amide bonds. The molecule has 0 saturated heterocycles. The summed E-state index contributed by atoms with van der Waals surface area (Å²) in [5.74, 6) is -0.292. The zero-order valence-corrected chi connectivity index (χ0v) is 12.6. The van der Waals surface area contributed by atoms with Gasteiger partial charge in [0.1, 0.15) is 5.82 Å². The smallest absolute Gasteiger partial charge is 0.123 e. The minimum absolute atomic E-state index is 0.0817. The molecule has 0 heterocycles. The normalized spacial score (nSPS) is 14.0. The maximum Gasteiger partial charge on any atom is 0.123 e. The van der Waals surface area contributed by atoms with Crippen LogP contribution in [-0.2, 0) is 11.8 Å². The lowest BCUT2D eigenvalue weighted by atomic mass is 9.76. The number of aliphatic hydroxyl groups is 1. The van der Waals surface area contributed by atoms with Crippen LogP contribution in [0.2, 0.25) is 0 Å². The lowest BCUT2D eigenvalue weighted by molar-refractivity contribution is 0.196. The maximum atomic E-state index is 13.1. The average Bonchev–Trinajstić information content (AvgIpc) is 2.46. The van der Waals surface area contributed by atoms with E-state index in [2.05, 4.69) is 15.9 Å². The largest absolute Gasteiger partial charge is 0.395 e. The van der Waals surface area contributed by atoms with Gasteiger partial charge in [-0.2, -0.15) is 0 Å². The number of hydrogen-bond acceptors (Lipinski definition) is 2. The highest BCUT2D eigenvalue weighted by atomic mass is 79.9. The van der Waals surface area contributed by atoms with Crippen molar-refractivity contribution in [1.82, 2.24) is 0 Å². The van der Waals surface area contributed by atoms with Crippen molar-refractivity contribution in [3.63, 3.8) is 0 Å². The lowest BCUT2D eigenvalue weighted by Crippen LogP contribution is -2.41. The molecule has 0 spiro atoms. The molecule has 0 aliphatic rings. The highest BCUT2D eigenvalue weighted by Crippen LogP contribution is 2.28. The molecule has 2 aromatic carbocycles. The van der Waals surface area contributed by atoms with Crippen molar-refractivity contribution in [2.24, 2.45) is 5.73 Å². The van der Waals surface area contributed by atoms with Crippen LogP contribution in [0.5, 0.6) is 0 Å². The van der Waals surface area contributed by atoms with Gasteiger partial charge < -0.3 is 10.8 Å². The predicted molar refractivity (Wildman–Crippen MR) is 82.1 cm³/mol. The molecule has 0 fully saturated rings. The van der Waals surface area contributed by atoms with Crippen LogP contribution in [-0.4, -0.2) is 18.3 Å². The van der Waals surface area contributed by atoms with Crippen molar-refractivity contribution in [3.8, 4) is 0 Å². The fourth-order valence-corrected chi connectivity index (χ4v) is 2.79. The van der Waals surface area contributed by atoms with Gasteiger partial charge in [0, 0.05) is 16.4 Å². The molecule has 0 aromatic heterocycles. The first kappa shape index (κ1) is 15.2. The monoisotopic (exact) mass is 337 g/mol. The predicted octanol–water partition coefficient (Wildman–Crippen LogP) is 3.02. The minimum Gasteiger partial charge on any atom is -0.395 e. The fraction of sp³-hybridized carbons (Fsp3) is 0.250. The second kappa shape index (κ2) is 6.48. The summed E-state index contributed by atoms with van der Waals surface area (Å²) in [6.07, 6.45) is 0.602. The van der Waals surface area contributed by atoms with Gasteiger partial charge in [0.2, 0.25) is 0 Å². The minimum atomic E-state index is -0.589. The quantitative estimate of drug-likeness (QED) is 0.880. The van der Waals surface area contributed by atoms with Crippen LogP contribution in [0.25, 0.3) is 0 Å². The number of rotatable bonds is 5. The summed E-state index contributed by atoms with van der Waals surface area (Å²) in [6.45, 7) is 0.212. The molecule has 0 saturated carbocycles. The number of halogens is 2. The van der Waals surface area contributed by atoms with Crippen LogP contribution in [0, 0.1) is 5.82 Å². The molecule has 20 heavy (non-hydrogen) atoms. The Balaban J connectivity index is 2.36. The Bertz CT molecular complexity index is 567. The van der Waals surface area contributed by atoms with Gasteiger partial charge >= 0.3 is 0 Å². The van der Waals surface area contributed by atoms with E-state index in [0.717, 1.165) is 15.6 Å². The third-order valence-corrected chi connectivity index (χ3v) is 4.07. The highest BCUT2D eigenvalue weighted by molar-refractivity contribution is 9.10. The summed E-state index contributed by atoms with van der Waals surface area (Å²) in [7, 11) is 0. The van der Waals surface area contributed by atoms with Crippen molar-refractivity contribution in [1.29, 1.82) is 0 Å². The molecule has 2 rings (SSSR count). The Hall–Kier alpha value is -1.23. The Morgan fingerprint density at radius 2 is 1.85 bits per heavy atom. The number of nitrogens with two attached hydrogens (primary N) is 1. The Labute approximate surface area is 126 Å². The van der Waals surface area contributed by atoms with Crippen molar-refractivity contribution < 1.29 is 9.50 Å². The van der Waals surface area contributed by atoms with Crippen molar-refractivity contribution >= 4 is 15.9 Å². The molecule has 2 aromatic rings. The van der Waals surface area contributed by atoms with E-state index < -0.39 is 5.41 Å². The van der Waals surface area contributed by atoms with Crippen LogP contribution >= 0.6 is 15.9 Å². The van der Waals surface area contributed by atoms with Gasteiger partial charge in [-0.25, -0.2) is 4.39 Å². The van der Waals surface area contributed by atoms with Crippen LogP contribution in [0.1, 0.15) is 11.1 Å². The Morgan fingerprint density at radius 3 is 2.40 bits per heavy atom. The Kier molecular flexibility index (Phi) is 4.91. The van der Waals surface area contributed by atoms with E-state index >= 15 is 0 Å². The maximum absolute atomic E-state index is 13.1. The third-order valence-electron chi connectivity index (χ3n) is 3.58. The van der Waals surface area contributed by atoms with Gasteiger partial charge in [-0.1, -0.05) is 40.2 Å². The van der Waals surface area contributed by atoms with E-state index in [1.807, 2.05) is 24.3 Å². The van der Waals surface area contributed by atoms with Gasteiger partial charge in [-0.05, 0) is 41.8 Å². The van der Waals surface area contributed by atoms with E-state index in [1.165, 1.54) is 12.1 Å². The van der Waals surface area contributed by atoms with E-state index in [-0.39, 0.29) is 12.4 Å². The summed E-state index contributed by atoms with van der Waals surface area (Å²) in [5, 5.41) is 9.84. The molecule has 0 aliphatic heterocycles. The highest BCUT2D eigenvalue weighted by Gasteiger charge is 2.30. The van der Waals surface area contributed by atoms with Crippen LogP contribution in [0.3, 0.4) is 0 Å². The number of aliphatic hydroxyl groups excluding tert-OH is 1. The topological polar surface area (TPSA) is 46.2 Å². The molecule has 0 bridgehead atoms. The average molecular weight is 338 g/mol. The molecule has 0 aliphatic carbocycles. The molecular weight excluding hydrogens is 321 g/mol. The van der Waals surface area contributed by atoms with E-state index in [9.17, 15) is 9.50 Å². The van der Waals surface area contributed by atoms with E-state index in [4.69, 9.17) is 5.73 Å². The van der Waals surface area contributed by atoms with Gasteiger partial charge in [0.15, 0.2) is 0 Å². The van der Waals surface area contributed by atoms with Crippen LogP contribution in [0.4, 0.5) is 4.39 Å². The third kappa shape index (κ3) is 3.26. The molecule has 0 radical (unpaired) electrons. The van der Waals surface area contributed by atoms with E-state index in [1.54, 1.807) is 12.1 Å². The standard InChI is InChI=1S/C16H17BrFNO/c17-14-3-1-2-12(8-14)9-16(10-19,11-20)13-4-6-15(18)7-5-13/h1-8,20H,9-11,19H2. The van der Waals surface area contributed by atoms with Crippen LogP contribution in [0.15, 0.2) is 53.0 Å². The lowest BCUT2D eigenvalue weighted by Gasteiger charge is -2.31. The summed E-state index contributed by atoms with van der Waals surface area (Å²) in [5.41, 5.74) is 7.24. The molecule has 1 unspecified atom stereocenters. The second-order valence-electron chi connectivity index (χ2n) is 4.96. The van der Waals surface area contributed by atoms with Crippen molar-refractivity contribution in [3.05, 3.63) is 69.9 Å². The summed E-state index contributed by atoms with van der Waals surface area (Å²) < 4.78 is 14.0. The summed E-state index contributed by atoms with van der Waals surface area (Å²) in [4.78, 5) is 0. The van der Waals surface area contributed by atoms with Gasteiger partial charge in [0.05, 0.1) is 6.61 Å². The first-order chi connectivity index (χ1) is 9.59. The van der Waals surface area contributed by atoms with Gasteiger partial charge in [-0.15, -0.1) is 0 Å². The first-order valence-electron chi connectivity index (χ1n) is 6.41. The first-order valence-corrected chi connectivity index (χ1v) is 7.20. The van der Waals surface area contributed by atoms with E-state index in [0.29, 0.717) is 13.0 Å². The number of benzene rings is 2. The van der Waals surface area contributed by atoms with Crippen molar-refractivity contribution in [2.45, 2.75) is 11.8 Å². The second-order valence-corrected chi connectivity index (χ2v) is 5.87. The zero-order valence-electron chi connectivity index (χ0n) is 11.0. The molecule has 1 atom stereocenters. The summed E-state index contributed by atoms with van der Waals surface area (Å²) in [6, 6.07) is 14.1. The molecule has 3 N–H and O–H groups in total. The molecule has 2 nitrogen and oxygen atoms in total. The fourth-order valence-electron chi connectivity index (χ4n) is 2.34. The summed E-state index contributed by atoms with van der Waals surface area (Å²) >= 11 is 3.44. The molecule has 4 heteroatoms.